The van der Waals surface area contributed by atoms with Crippen molar-refractivity contribution in [3.05, 3.63) is 0 Å². The number of amides is 2. The van der Waals surface area contributed by atoms with E-state index in [1.165, 1.54) is 0 Å². The monoisotopic (exact) mass is 182 g/mol. The summed E-state index contributed by atoms with van der Waals surface area (Å²) in [6.07, 6.45) is -0.432. The van der Waals surface area contributed by atoms with Crippen LogP contribution in [0.15, 0.2) is 4.63 Å². The third-order valence-corrected chi connectivity index (χ3v) is 1.98. The molecular weight excluding hydrogens is 176 g/mol. The Bertz CT molecular complexity index is 331. The van der Waals surface area contributed by atoms with E-state index in [1.807, 2.05) is 0 Å². The molecule has 0 bridgehead atoms. The highest BCUT2D eigenvalue weighted by Gasteiger charge is 2.37. The Labute approximate surface area is 72.0 Å². The average molecular weight is 182 g/mol. The molecule has 0 saturated carbocycles. The number of nitrogens with one attached hydrogen (secondary N) is 4. The Hall–Kier alpha value is -1.99. The van der Waals surface area contributed by atoms with Gasteiger partial charge in [-0.2, -0.15) is 0 Å². The quantitative estimate of drug-likeness (QED) is 0.405. The van der Waals surface area contributed by atoms with E-state index >= 15 is 0 Å². The number of carbonyl (C=O) groups excluding carboxylic acids is 1. The number of urea groups is 1. The fraction of sp³-hybridized carbons (Fsp3) is 0.400. The van der Waals surface area contributed by atoms with Gasteiger partial charge in [0.15, 0.2) is 0 Å². The van der Waals surface area contributed by atoms with Crippen LogP contribution >= 0.6 is 0 Å². The van der Waals surface area contributed by atoms with Crippen LogP contribution in [0.25, 0.3) is 0 Å². The first-order valence-corrected chi connectivity index (χ1v) is 3.75. The van der Waals surface area contributed by atoms with E-state index in [0.29, 0.717) is 11.6 Å². The number of hydrogen-bond donors (Lipinski definition) is 4. The smallest absolute Gasteiger partial charge is 0.318 e. The second-order valence-electron chi connectivity index (χ2n) is 2.82. The summed E-state index contributed by atoms with van der Waals surface area (Å²) in [5.41, 5.74) is 0. The van der Waals surface area contributed by atoms with Crippen LogP contribution in [-0.2, 0) is 0 Å². The second kappa shape index (κ2) is 2.03. The van der Waals surface area contributed by atoms with Crippen LogP contribution in [0, 0.1) is 0 Å². The maximum absolute atomic E-state index is 10.9. The van der Waals surface area contributed by atoms with Crippen molar-refractivity contribution in [1.29, 1.82) is 0 Å². The lowest BCUT2D eigenvalue weighted by Gasteiger charge is -2.24. The number of rotatable bonds is 0. The number of anilines is 2. The van der Waals surface area contributed by atoms with Gasteiger partial charge in [-0.05, 0) is 10.3 Å². The molecular formula is C5H6N6O2. The predicted octanol–water partition coefficient (Wildman–Crippen LogP) is -1.13. The van der Waals surface area contributed by atoms with E-state index in [0.717, 1.165) is 0 Å². The zero-order valence-corrected chi connectivity index (χ0v) is 6.37. The third-order valence-electron chi connectivity index (χ3n) is 1.98. The lowest BCUT2D eigenvalue weighted by atomic mass is 10.3. The molecule has 0 spiro atoms. The Balaban J connectivity index is 1.94. The maximum atomic E-state index is 10.9. The van der Waals surface area contributed by atoms with Crippen molar-refractivity contribution < 1.29 is 9.42 Å². The zero-order chi connectivity index (χ0) is 8.84. The summed E-state index contributed by atoms with van der Waals surface area (Å²) < 4.78 is 4.49. The van der Waals surface area contributed by atoms with E-state index < -0.39 is 0 Å². The largest absolute Gasteiger partial charge is 0.341 e. The van der Waals surface area contributed by atoms with Crippen molar-refractivity contribution >= 4 is 17.7 Å². The molecule has 1 saturated heterocycles. The van der Waals surface area contributed by atoms with Gasteiger partial charge in [-0.25, -0.2) is 9.42 Å². The highest BCUT2D eigenvalue weighted by molar-refractivity contribution is 5.80. The first-order chi connectivity index (χ1) is 6.33. The fourth-order valence-electron chi connectivity index (χ4n) is 1.40. The highest BCUT2D eigenvalue weighted by Crippen LogP contribution is 2.23. The van der Waals surface area contributed by atoms with Gasteiger partial charge >= 0.3 is 6.03 Å². The SMILES string of the molecule is O=C1NC2Nc3nonc3NC2N1. The van der Waals surface area contributed by atoms with Gasteiger partial charge in [-0.1, -0.05) is 0 Å². The summed E-state index contributed by atoms with van der Waals surface area (Å²) in [5.74, 6) is 1.01. The molecule has 13 heavy (non-hydrogen) atoms. The fourth-order valence-corrected chi connectivity index (χ4v) is 1.40. The van der Waals surface area contributed by atoms with Crippen LogP contribution in [-0.4, -0.2) is 28.7 Å². The van der Waals surface area contributed by atoms with Crippen LogP contribution in [0.1, 0.15) is 0 Å². The van der Waals surface area contributed by atoms with Crippen LogP contribution in [0.5, 0.6) is 0 Å². The topological polar surface area (TPSA) is 104 Å². The first kappa shape index (κ1) is 6.52. The third kappa shape index (κ3) is 0.819. The zero-order valence-electron chi connectivity index (χ0n) is 6.37. The van der Waals surface area contributed by atoms with E-state index in [4.69, 9.17) is 0 Å². The van der Waals surface area contributed by atoms with Crippen molar-refractivity contribution in [3.63, 3.8) is 0 Å². The molecule has 1 aromatic heterocycles. The number of aromatic nitrogens is 2. The first-order valence-electron chi connectivity index (χ1n) is 3.75. The molecule has 2 aliphatic heterocycles. The molecule has 0 radical (unpaired) electrons. The predicted molar refractivity (Wildman–Crippen MR) is 40.8 cm³/mol. The van der Waals surface area contributed by atoms with Crippen molar-refractivity contribution in [2.24, 2.45) is 0 Å². The highest BCUT2D eigenvalue weighted by atomic mass is 16.6. The lowest BCUT2D eigenvalue weighted by molar-refractivity contribution is 0.247. The van der Waals surface area contributed by atoms with Crippen molar-refractivity contribution in [2.75, 3.05) is 10.6 Å². The summed E-state index contributed by atoms with van der Waals surface area (Å²) in [4.78, 5) is 10.9. The average Bonchev–Trinajstić information content (AvgIpc) is 2.63. The molecule has 4 N–H and O–H groups in total. The molecule has 2 aliphatic rings. The van der Waals surface area contributed by atoms with E-state index in [-0.39, 0.29) is 18.4 Å². The Morgan fingerprint density at radius 3 is 2.08 bits per heavy atom. The summed E-state index contributed by atoms with van der Waals surface area (Å²) in [6.45, 7) is 0. The van der Waals surface area contributed by atoms with Gasteiger partial charge in [-0.15, -0.1) is 0 Å². The molecule has 3 rings (SSSR count). The molecule has 2 amide bonds. The van der Waals surface area contributed by atoms with Gasteiger partial charge in [0, 0.05) is 0 Å². The minimum atomic E-state index is -0.225. The summed E-state index contributed by atoms with van der Waals surface area (Å²) in [7, 11) is 0. The molecule has 68 valence electrons. The van der Waals surface area contributed by atoms with Gasteiger partial charge in [0.2, 0.25) is 11.6 Å². The van der Waals surface area contributed by atoms with Crippen LogP contribution in [0.2, 0.25) is 0 Å². The molecule has 2 unspecified atom stereocenters. The van der Waals surface area contributed by atoms with E-state index in [1.54, 1.807) is 0 Å². The number of nitrogens with zero attached hydrogens (tertiary/aromatic N) is 2. The maximum Gasteiger partial charge on any atom is 0.318 e. The number of carbonyl (C=O) groups is 1. The van der Waals surface area contributed by atoms with Gasteiger partial charge in [0.05, 0.1) is 0 Å². The molecule has 0 aromatic carbocycles. The van der Waals surface area contributed by atoms with Crippen molar-refractivity contribution in [1.82, 2.24) is 20.9 Å². The standard InChI is InChI=1S/C5H6N6O2/c12-5-8-1-2(9-5)7-4-3(6-1)10-13-11-4/h1-2H,(H,6,10)(H,7,11)(H2,8,9,12). The van der Waals surface area contributed by atoms with Crippen LogP contribution in [0.4, 0.5) is 16.4 Å². The summed E-state index contributed by atoms with van der Waals surface area (Å²) in [6, 6.07) is -0.225. The molecule has 3 heterocycles. The summed E-state index contributed by atoms with van der Waals surface area (Å²) >= 11 is 0. The van der Waals surface area contributed by atoms with E-state index in [2.05, 4.69) is 36.2 Å². The van der Waals surface area contributed by atoms with Crippen LogP contribution in [0.3, 0.4) is 0 Å². The Kier molecular flexibility index (Phi) is 1.02. The minimum Gasteiger partial charge on any atom is -0.341 e. The lowest BCUT2D eigenvalue weighted by Crippen LogP contribution is -2.48. The molecule has 1 fully saturated rings. The normalized spacial score (nSPS) is 29.1. The Morgan fingerprint density at radius 2 is 1.54 bits per heavy atom. The molecule has 0 aliphatic carbocycles. The van der Waals surface area contributed by atoms with Crippen LogP contribution < -0.4 is 21.3 Å². The number of hydrogen-bond acceptors (Lipinski definition) is 6. The van der Waals surface area contributed by atoms with E-state index in [9.17, 15) is 4.79 Å². The van der Waals surface area contributed by atoms with Crippen molar-refractivity contribution in [3.8, 4) is 0 Å². The van der Waals surface area contributed by atoms with Gasteiger partial charge in [0.25, 0.3) is 0 Å². The second-order valence-corrected chi connectivity index (χ2v) is 2.82. The Morgan fingerprint density at radius 1 is 1.00 bits per heavy atom. The molecule has 8 nitrogen and oxygen atoms in total. The van der Waals surface area contributed by atoms with Crippen molar-refractivity contribution in [2.45, 2.75) is 12.3 Å². The van der Waals surface area contributed by atoms with Gasteiger partial charge < -0.3 is 21.3 Å². The molecule has 2 atom stereocenters. The van der Waals surface area contributed by atoms with Gasteiger partial charge in [0.1, 0.15) is 12.3 Å². The summed E-state index contributed by atoms with van der Waals surface area (Å²) in [5, 5.41) is 18.4. The molecule has 1 aromatic rings. The molecule has 8 heteroatoms. The van der Waals surface area contributed by atoms with Gasteiger partial charge in [-0.3, -0.25) is 0 Å². The number of fused-ring (bicyclic) bond motifs is 2. The minimum absolute atomic E-state index is 0.216.